The van der Waals surface area contributed by atoms with Gasteiger partial charge in [0.25, 0.3) is 5.91 Å². The molecule has 0 fully saturated rings. The van der Waals surface area contributed by atoms with Crippen molar-refractivity contribution in [2.75, 3.05) is 0 Å². The molecule has 0 bridgehead atoms. The molecule has 0 aliphatic rings. The van der Waals surface area contributed by atoms with Gasteiger partial charge in [-0.15, -0.1) is 0 Å². The number of nitrogens with one attached hydrogen (secondary N) is 2. The molecule has 0 heterocycles. The number of amides is 1. The van der Waals surface area contributed by atoms with Crippen molar-refractivity contribution < 1.29 is 9.18 Å². The summed E-state index contributed by atoms with van der Waals surface area (Å²) in [5, 5.41) is 16.9. The topological polar surface area (TPSA) is 88.7 Å². The van der Waals surface area contributed by atoms with E-state index in [1.165, 1.54) is 6.07 Å². The van der Waals surface area contributed by atoms with Gasteiger partial charge < -0.3 is 5.43 Å². The summed E-state index contributed by atoms with van der Waals surface area (Å²) in [6.45, 7) is 0. The Kier molecular flexibility index (Phi) is 4.85. The van der Waals surface area contributed by atoms with Crippen molar-refractivity contribution in [2.45, 2.75) is 0 Å². The van der Waals surface area contributed by atoms with Gasteiger partial charge in [0, 0.05) is 10.7 Å². The number of allylic oxidation sites excluding steroid dienone is 1. The van der Waals surface area contributed by atoms with E-state index in [1.807, 2.05) is 0 Å². The van der Waals surface area contributed by atoms with E-state index in [1.54, 1.807) is 12.1 Å². The van der Waals surface area contributed by atoms with E-state index in [2.05, 4.69) is 26.8 Å². The molecule has 7 heteroatoms. The molecule has 0 radical (unpaired) electrons. The number of carbonyl (C=O) groups is 1. The lowest BCUT2D eigenvalue weighted by Crippen LogP contribution is -2.34. The van der Waals surface area contributed by atoms with Crippen LogP contribution in [-0.4, -0.2) is 5.91 Å². The number of halogens is 2. The fourth-order valence-electron chi connectivity index (χ4n) is 1.00. The summed E-state index contributed by atoms with van der Waals surface area (Å²) in [4.78, 5) is 11.6. The lowest BCUT2D eigenvalue weighted by atomic mass is 10.2. The van der Waals surface area contributed by atoms with Gasteiger partial charge in [0.2, 0.25) is 0 Å². The van der Waals surface area contributed by atoms with Crippen molar-refractivity contribution in [3.63, 3.8) is 0 Å². The van der Waals surface area contributed by atoms with E-state index >= 15 is 0 Å². The number of benzene rings is 1. The first-order valence-corrected chi connectivity index (χ1v) is 5.39. The zero-order chi connectivity index (χ0) is 13.5. The average molecular weight is 309 g/mol. The standard InChI is InChI=1S/C11H6BrFN4O/c12-10-3-8(13)1-2-9(10)11(18)17-16-6-7(4-14)5-15/h1-3,6,16H,(H,17,18). The summed E-state index contributed by atoms with van der Waals surface area (Å²) in [5.41, 5.74) is 4.57. The number of nitrogens with zero attached hydrogens (tertiary/aromatic N) is 2. The molecule has 0 aliphatic carbocycles. The molecule has 0 aromatic heterocycles. The van der Waals surface area contributed by atoms with Crippen molar-refractivity contribution in [1.29, 1.82) is 10.5 Å². The lowest BCUT2D eigenvalue weighted by molar-refractivity contribution is 0.0940. The Balaban J connectivity index is 2.71. The number of hydrogen-bond acceptors (Lipinski definition) is 4. The third-order valence-corrected chi connectivity index (χ3v) is 2.47. The highest BCUT2D eigenvalue weighted by Crippen LogP contribution is 2.17. The fourth-order valence-corrected chi connectivity index (χ4v) is 1.54. The maximum Gasteiger partial charge on any atom is 0.270 e. The van der Waals surface area contributed by atoms with Crippen LogP contribution >= 0.6 is 15.9 Å². The number of rotatable bonds is 3. The largest absolute Gasteiger partial charge is 0.304 e. The van der Waals surface area contributed by atoms with E-state index in [-0.39, 0.29) is 11.1 Å². The number of carbonyl (C=O) groups excluding carboxylic acids is 1. The van der Waals surface area contributed by atoms with Gasteiger partial charge in [-0.1, -0.05) is 0 Å². The Morgan fingerprint density at radius 3 is 2.61 bits per heavy atom. The van der Waals surface area contributed by atoms with Gasteiger partial charge in [-0.2, -0.15) is 10.5 Å². The van der Waals surface area contributed by atoms with Crippen LogP contribution in [0.1, 0.15) is 10.4 Å². The maximum absolute atomic E-state index is 12.8. The summed E-state index contributed by atoms with van der Waals surface area (Å²) in [5.74, 6) is -1.00. The summed E-state index contributed by atoms with van der Waals surface area (Å²) in [6, 6.07) is 6.82. The van der Waals surface area contributed by atoms with Crippen LogP contribution in [0.4, 0.5) is 4.39 Å². The van der Waals surface area contributed by atoms with Gasteiger partial charge in [0.05, 0.1) is 5.56 Å². The van der Waals surface area contributed by atoms with Crippen LogP contribution in [0.25, 0.3) is 0 Å². The molecular formula is C11H6BrFN4O. The fraction of sp³-hybridized carbons (Fsp3) is 0. The molecule has 90 valence electrons. The van der Waals surface area contributed by atoms with Crippen LogP contribution in [0.5, 0.6) is 0 Å². The number of nitriles is 2. The highest BCUT2D eigenvalue weighted by atomic mass is 79.9. The predicted molar refractivity (Wildman–Crippen MR) is 64.0 cm³/mol. The molecule has 0 aliphatic heterocycles. The minimum atomic E-state index is -0.534. The van der Waals surface area contributed by atoms with Crippen LogP contribution < -0.4 is 10.9 Å². The molecule has 0 saturated heterocycles. The second-order valence-corrected chi connectivity index (χ2v) is 3.86. The van der Waals surface area contributed by atoms with Crippen LogP contribution in [-0.2, 0) is 0 Å². The SMILES string of the molecule is N#CC(C#N)=CNNC(=O)c1ccc(F)cc1Br. The quantitative estimate of drug-likeness (QED) is 0.657. The molecular weight excluding hydrogens is 303 g/mol. The van der Waals surface area contributed by atoms with Gasteiger partial charge >= 0.3 is 0 Å². The Labute approximate surface area is 111 Å². The predicted octanol–water partition coefficient (Wildman–Crippen LogP) is 1.75. The van der Waals surface area contributed by atoms with Crippen molar-refractivity contribution in [2.24, 2.45) is 0 Å². The Hall–Kier alpha value is -2.38. The minimum absolute atomic E-state index is 0.187. The molecule has 1 rings (SSSR count). The van der Waals surface area contributed by atoms with Gasteiger partial charge in [0.1, 0.15) is 23.5 Å². The summed E-state index contributed by atoms with van der Waals surface area (Å²) in [7, 11) is 0. The molecule has 0 unspecified atom stereocenters. The number of hydrogen-bond donors (Lipinski definition) is 2. The molecule has 1 aromatic rings. The Morgan fingerprint density at radius 1 is 1.39 bits per heavy atom. The van der Waals surface area contributed by atoms with Crippen LogP contribution in [0.2, 0.25) is 0 Å². The third-order valence-electron chi connectivity index (χ3n) is 1.82. The molecule has 0 atom stereocenters. The first-order chi connectivity index (χ1) is 8.58. The normalized spacial score (nSPS) is 8.67. The van der Waals surface area contributed by atoms with E-state index in [4.69, 9.17) is 10.5 Å². The van der Waals surface area contributed by atoms with E-state index in [0.29, 0.717) is 4.47 Å². The molecule has 1 amide bonds. The second kappa shape index (κ2) is 6.38. The molecule has 18 heavy (non-hydrogen) atoms. The molecule has 0 saturated carbocycles. The third kappa shape index (κ3) is 3.58. The molecule has 0 spiro atoms. The molecule has 1 aromatic carbocycles. The van der Waals surface area contributed by atoms with E-state index < -0.39 is 11.7 Å². The van der Waals surface area contributed by atoms with Crippen LogP contribution in [0.15, 0.2) is 34.4 Å². The molecule has 5 nitrogen and oxygen atoms in total. The number of hydrazine groups is 1. The van der Waals surface area contributed by atoms with Crippen molar-refractivity contribution in [1.82, 2.24) is 10.9 Å². The summed E-state index contributed by atoms with van der Waals surface area (Å²) in [6.07, 6.45) is 1.05. The van der Waals surface area contributed by atoms with Crippen molar-refractivity contribution in [3.05, 3.63) is 45.8 Å². The first-order valence-electron chi connectivity index (χ1n) is 4.59. The maximum atomic E-state index is 12.8. The zero-order valence-electron chi connectivity index (χ0n) is 8.87. The average Bonchev–Trinajstić information content (AvgIpc) is 2.34. The lowest BCUT2D eigenvalue weighted by Gasteiger charge is -2.06. The van der Waals surface area contributed by atoms with Gasteiger partial charge in [0.15, 0.2) is 0 Å². The van der Waals surface area contributed by atoms with Crippen LogP contribution in [0, 0.1) is 28.5 Å². The van der Waals surface area contributed by atoms with E-state index in [0.717, 1.165) is 18.3 Å². The minimum Gasteiger partial charge on any atom is -0.304 e. The monoisotopic (exact) mass is 308 g/mol. The second-order valence-electron chi connectivity index (χ2n) is 3.00. The van der Waals surface area contributed by atoms with Gasteiger partial charge in [-0.25, -0.2) is 4.39 Å². The highest BCUT2D eigenvalue weighted by Gasteiger charge is 2.09. The van der Waals surface area contributed by atoms with Crippen molar-refractivity contribution in [3.8, 4) is 12.1 Å². The molecule has 2 N–H and O–H groups in total. The zero-order valence-corrected chi connectivity index (χ0v) is 10.5. The first kappa shape index (κ1) is 13.7. The smallest absolute Gasteiger partial charge is 0.270 e. The van der Waals surface area contributed by atoms with Gasteiger partial charge in [-0.05, 0) is 34.1 Å². The van der Waals surface area contributed by atoms with Crippen LogP contribution in [0.3, 0.4) is 0 Å². The summed E-state index contributed by atoms with van der Waals surface area (Å²) >= 11 is 3.05. The highest BCUT2D eigenvalue weighted by molar-refractivity contribution is 9.10. The Morgan fingerprint density at radius 2 is 2.06 bits per heavy atom. The summed E-state index contributed by atoms with van der Waals surface area (Å²) < 4.78 is 13.1. The van der Waals surface area contributed by atoms with Gasteiger partial charge in [-0.3, -0.25) is 10.2 Å². The van der Waals surface area contributed by atoms with E-state index in [9.17, 15) is 9.18 Å². The Bertz CT molecular complexity index is 570. The van der Waals surface area contributed by atoms with Crippen molar-refractivity contribution >= 4 is 21.8 Å².